The molecule has 0 bridgehead atoms. The van der Waals surface area contributed by atoms with Crippen molar-refractivity contribution in [3.63, 3.8) is 0 Å². The number of hydrogen-bond acceptors (Lipinski definition) is 3. The van der Waals surface area contributed by atoms with E-state index in [2.05, 4.69) is 54.0 Å². The molecule has 0 aromatic heterocycles. The number of carbonyl (C=O) groups is 3. The van der Waals surface area contributed by atoms with Crippen LogP contribution in [-0.2, 0) is 33.8 Å². The molecule has 2 aromatic carbocycles. The smallest absolute Gasteiger partial charge is 0.246 e. The molecule has 1 saturated carbocycles. The topological polar surface area (TPSA) is 78.5 Å². The Morgan fingerprint density at radius 2 is 1.73 bits per heavy atom. The minimum atomic E-state index is -0.608. The van der Waals surface area contributed by atoms with E-state index in [0.717, 1.165) is 68.1 Å². The number of fused-ring (bicyclic) bond motifs is 2. The van der Waals surface area contributed by atoms with E-state index in [0.29, 0.717) is 13.0 Å². The van der Waals surface area contributed by atoms with Crippen LogP contribution in [0.5, 0.6) is 0 Å². The van der Waals surface area contributed by atoms with E-state index >= 15 is 0 Å². The van der Waals surface area contributed by atoms with E-state index in [1.165, 1.54) is 17.5 Å². The molecule has 214 valence electrons. The van der Waals surface area contributed by atoms with Gasteiger partial charge in [0.05, 0.1) is 6.04 Å². The molecule has 0 radical (unpaired) electrons. The fourth-order valence-corrected chi connectivity index (χ4v) is 6.86. The Labute approximate surface area is 239 Å². The summed E-state index contributed by atoms with van der Waals surface area (Å²) in [6, 6.07) is 13.4. The highest BCUT2D eigenvalue weighted by Gasteiger charge is 2.41. The largest absolute Gasteiger partial charge is 0.347 e. The Bertz CT molecular complexity index is 1230. The second-order valence-electron chi connectivity index (χ2n) is 12.3. The molecule has 40 heavy (non-hydrogen) atoms. The molecule has 0 saturated heterocycles. The fraction of sp³-hybridized carbons (Fsp3) is 0.559. The molecule has 2 N–H and O–H groups in total. The first-order valence-electron chi connectivity index (χ1n) is 15.4. The van der Waals surface area contributed by atoms with Gasteiger partial charge in [-0.05, 0) is 73.6 Å². The number of nitrogens with one attached hydrogen (secondary N) is 2. The summed E-state index contributed by atoms with van der Waals surface area (Å²) in [5.74, 6) is -0.340. The maximum absolute atomic E-state index is 14.5. The van der Waals surface area contributed by atoms with E-state index < -0.39 is 12.1 Å². The van der Waals surface area contributed by atoms with Crippen molar-refractivity contribution in [3.05, 3.63) is 70.3 Å². The molecule has 2 aromatic rings. The van der Waals surface area contributed by atoms with Crippen LogP contribution in [0, 0.1) is 18.8 Å². The van der Waals surface area contributed by atoms with Crippen LogP contribution < -0.4 is 10.6 Å². The van der Waals surface area contributed by atoms with Gasteiger partial charge in [-0.1, -0.05) is 81.1 Å². The average molecular weight is 544 g/mol. The monoisotopic (exact) mass is 543 g/mol. The fourth-order valence-electron chi connectivity index (χ4n) is 6.86. The van der Waals surface area contributed by atoms with E-state index in [1.807, 2.05) is 19.9 Å². The standard InChI is InChI=1S/C34H45N3O3/c1-4-23(3)32(38)36-31(25-12-6-5-7-13-25)34(40)37-21-27-19-22(2)17-18-26(27)20-30(37)33(39)35-29-16-10-14-24-11-8-9-15-28(24)29/h8-9,11,15,17-19,23,25,29-31H,4-7,10,12-14,16,20-21H2,1-3H3,(H,35,39)(H,36,38)/t23-,29+,30-,31+/m1/s1. The van der Waals surface area contributed by atoms with Crippen molar-refractivity contribution in [2.24, 2.45) is 11.8 Å². The summed E-state index contributed by atoms with van der Waals surface area (Å²) in [7, 11) is 0. The molecule has 6 heteroatoms. The van der Waals surface area contributed by atoms with E-state index in [-0.39, 0.29) is 35.6 Å². The van der Waals surface area contributed by atoms with Crippen molar-refractivity contribution >= 4 is 17.7 Å². The predicted molar refractivity (Wildman–Crippen MR) is 157 cm³/mol. The number of benzene rings is 2. The Balaban J connectivity index is 1.45. The van der Waals surface area contributed by atoms with Gasteiger partial charge in [0, 0.05) is 18.9 Å². The van der Waals surface area contributed by atoms with Crippen molar-refractivity contribution in [2.75, 3.05) is 0 Å². The zero-order chi connectivity index (χ0) is 28.2. The summed E-state index contributed by atoms with van der Waals surface area (Å²) in [5, 5.41) is 6.50. The molecule has 1 aliphatic heterocycles. The summed E-state index contributed by atoms with van der Waals surface area (Å²) in [6.07, 6.45) is 9.33. The van der Waals surface area contributed by atoms with Crippen molar-refractivity contribution in [1.29, 1.82) is 0 Å². The summed E-state index contributed by atoms with van der Waals surface area (Å²) >= 11 is 0. The molecule has 3 aliphatic rings. The Morgan fingerprint density at radius 1 is 0.950 bits per heavy atom. The highest BCUT2D eigenvalue weighted by molar-refractivity contribution is 5.93. The maximum Gasteiger partial charge on any atom is 0.246 e. The molecular weight excluding hydrogens is 498 g/mol. The molecule has 1 heterocycles. The van der Waals surface area contributed by atoms with Crippen LogP contribution in [-0.4, -0.2) is 34.7 Å². The molecule has 0 unspecified atom stereocenters. The highest BCUT2D eigenvalue weighted by atomic mass is 16.2. The molecule has 1 fully saturated rings. The van der Waals surface area contributed by atoms with Gasteiger partial charge in [-0.25, -0.2) is 0 Å². The first kappa shape index (κ1) is 28.4. The third-order valence-corrected chi connectivity index (χ3v) is 9.51. The number of amides is 3. The van der Waals surface area contributed by atoms with E-state index in [9.17, 15) is 14.4 Å². The lowest BCUT2D eigenvalue weighted by molar-refractivity contribution is -0.146. The average Bonchev–Trinajstić information content (AvgIpc) is 2.98. The van der Waals surface area contributed by atoms with Crippen LogP contribution in [0.1, 0.15) is 99.1 Å². The van der Waals surface area contributed by atoms with Crippen LogP contribution in [0.25, 0.3) is 0 Å². The van der Waals surface area contributed by atoms with Crippen molar-refractivity contribution in [3.8, 4) is 0 Å². The second-order valence-corrected chi connectivity index (χ2v) is 12.3. The first-order valence-corrected chi connectivity index (χ1v) is 15.4. The quantitative estimate of drug-likeness (QED) is 0.480. The zero-order valence-electron chi connectivity index (χ0n) is 24.4. The normalized spacial score (nSPS) is 22.4. The molecule has 5 rings (SSSR count). The van der Waals surface area contributed by atoms with Crippen molar-refractivity contribution in [2.45, 2.75) is 110 Å². The lowest BCUT2D eigenvalue weighted by atomic mass is 9.82. The first-order chi connectivity index (χ1) is 19.4. The highest BCUT2D eigenvalue weighted by Crippen LogP contribution is 2.33. The van der Waals surface area contributed by atoms with Crippen molar-refractivity contribution < 1.29 is 14.4 Å². The van der Waals surface area contributed by atoms with Crippen LogP contribution >= 0.6 is 0 Å². The van der Waals surface area contributed by atoms with Crippen LogP contribution in [0.2, 0.25) is 0 Å². The SMILES string of the molecule is CC[C@@H](C)C(=O)N[C@H](C(=O)N1Cc2cc(C)ccc2C[C@@H]1C(=O)N[C@H]1CCCc2ccccc21)C1CCCCC1. The summed E-state index contributed by atoms with van der Waals surface area (Å²) < 4.78 is 0. The van der Waals surface area contributed by atoms with E-state index in [1.54, 1.807) is 4.90 Å². The molecular formula is C34H45N3O3. The van der Waals surface area contributed by atoms with Gasteiger partial charge in [-0.2, -0.15) is 0 Å². The van der Waals surface area contributed by atoms with Crippen molar-refractivity contribution in [1.82, 2.24) is 15.5 Å². The van der Waals surface area contributed by atoms with Gasteiger partial charge >= 0.3 is 0 Å². The van der Waals surface area contributed by atoms with Crippen LogP contribution in [0.4, 0.5) is 0 Å². The third kappa shape index (κ3) is 6.11. The van der Waals surface area contributed by atoms with Gasteiger partial charge < -0.3 is 15.5 Å². The van der Waals surface area contributed by atoms with Crippen LogP contribution in [0.15, 0.2) is 42.5 Å². The molecule has 6 nitrogen and oxygen atoms in total. The number of aryl methyl sites for hydroxylation is 2. The Morgan fingerprint density at radius 3 is 2.50 bits per heavy atom. The summed E-state index contributed by atoms with van der Waals surface area (Å²) in [5.41, 5.74) is 5.84. The van der Waals surface area contributed by atoms with Gasteiger partial charge in [0.1, 0.15) is 12.1 Å². The minimum Gasteiger partial charge on any atom is -0.347 e. The number of hydrogen-bond donors (Lipinski definition) is 2. The summed E-state index contributed by atoms with van der Waals surface area (Å²) in [6.45, 7) is 6.35. The predicted octanol–water partition coefficient (Wildman–Crippen LogP) is 5.55. The number of nitrogens with zero attached hydrogens (tertiary/aromatic N) is 1. The molecule has 3 amide bonds. The third-order valence-electron chi connectivity index (χ3n) is 9.51. The Kier molecular flexibility index (Phi) is 8.92. The van der Waals surface area contributed by atoms with Gasteiger partial charge in [0.25, 0.3) is 0 Å². The minimum absolute atomic E-state index is 0.0481. The summed E-state index contributed by atoms with van der Waals surface area (Å²) in [4.78, 5) is 43.4. The number of carbonyl (C=O) groups excluding carboxylic acids is 3. The zero-order valence-corrected chi connectivity index (χ0v) is 24.4. The van der Waals surface area contributed by atoms with Gasteiger partial charge in [-0.15, -0.1) is 0 Å². The molecule has 4 atom stereocenters. The lowest BCUT2D eigenvalue weighted by Gasteiger charge is -2.41. The molecule has 0 spiro atoms. The lowest BCUT2D eigenvalue weighted by Crippen LogP contribution is -2.60. The van der Waals surface area contributed by atoms with Gasteiger partial charge in [0.15, 0.2) is 0 Å². The van der Waals surface area contributed by atoms with Crippen LogP contribution in [0.3, 0.4) is 0 Å². The Hall–Kier alpha value is -3.15. The second kappa shape index (κ2) is 12.6. The van der Waals surface area contributed by atoms with Gasteiger partial charge in [0.2, 0.25) is 17.7 Å². The maximum atomic E-state index is 14.5. The number of rotatable bonds is 7. The van der Waals surface area contributed by atoms with Gasteiger partial charge in [-0.3, -0.25) is 14.4 Å². The van der Waals surface area contributed by atoms with E-state index in [4.69, 9.17) is 0 Å². The molecule has 2 aliphatic carbocycles.